The molecule has 1 rings (SSSR count). The average molecular weight is 330 g/mol. The van der Waals surface area contributed by atoms with Gasteiger partial charge in [-0.05, 0) is 48.0 Å². The van der Waals surface area contributed by atoms with E-state index < -0.39 is 0 Å². The highest BCUT2D eigenvalue weighted by Gasteiger charge is 2.08. The van der Waals surface area contributed by atoms with E-state index in [1.54, 1.807) is 0 Å². The number of halogens is 1. The first-order valence-electron chi connectivity index (χ1n) is 7.72. The lowest BCUT2D eigenvalue weighted by Crippen LogP contribution is -2.19. The molecule has 2 nitrogen and oxygen atoms in total. The van der Waals surface area contributed by atoms with Gasteiger partial charge in [0.2, 0.25) is 0 Å². The van der Waals surface area contributed by atoms with E-state index in [2.05, 4.69) is 35.1 Å². The van der Waals surface area contributed by atoms with Crippen molar-refractivity contribution in [2.45, 2.75) is 71.3 Å². The van der Waals surface area contributed by atoms with E-state index in [-0.39, 0.29) is 0 Å². The molecule has 19 heavy (non-hydrogen) atoms. The maximum Gasteiger partial charge on any atom is 0.169 e. The summed E-state index contributed by atoms with van der Waals surface area (Å²) in [4.78, 5) is 0. The van der Waals surface area contributed by atoms with E-state index in [1.165, 1.54) is 51.4 Å². The Hall–Kier alpha value is -0.280. The topological polar surface area (TPSA) is 25.2 Å². The summed E-state index contributed by atoms with van der Waals surface area (Å²) in [6, 6.07) is 4.27. The first-order valence-corrected chi connectivity index (χ1v) is 8.52. The molecule has 0 aliphatic carbocycles. The fourth-order valence-corrected chi connectivity index (χ4v) is 2.56. The standard InChI is InChI=1S/C16H28BrNO/c1-3-4-5-6-7-8-9-10-13-18-14(2)15-11-12-16(17)19-15/h11-12,14,18H,3-10,13H2,1-2H3. The lowest BCUT2D eigenvalue weighted by atomic mass is 10.1. The molecule has 1 aromatic heterocycles. The van der Waals surface area contributed by atoms with Gasteiger partial charge in [0.15, 0.2) is 4.67 Å². The van der Waals surface area contributed by atoms with Crippen LogP contribution in [-0.4, -0.2) is 6.54 Å². The molecule has 1 aromatic rings. The van der Waals surface area contributed by atoms with Crippen LogP contribution in [0.2, 0.25) is 0 Å². The van der Waals surface area contributed by atoms with Gasteiger partial charge in [0.25, 0.3) is 0 Å². The average Bonchev–Trinajstić information content (AvgIpc) is 2.83. The minimum absolute atomic E-state index is 0.302. The van der Waals surface area contributed by atoms with E-state index in [4.69, 9.17) is 4.42 Å². The number of furan rings is 1. The van der Waals surface area contributed by atoms with Crippen molar-refractivity contribution in [2.75, 3.05) is 6.54 Å². The van der Waals surface area contributed by atoms with Gasteiger partial charge in [0.05, 0.1) is 6.04 Å². The minimum Gasteiger partial charge on any atom is -0.453 e. The van der Waals surface area contributed by atoms with Gasteiger partial charge in [-0.2, -0.15) is 0 Å². The van der Waals surface area contributed by atoms with Crippen LogP contribution in [0.5, 0.6) is 0 Å². The van der Waals surface area contributed by atoms with Crippen LogP contribution >= 0.6 is 15.9 Å². The van der Waals surface area contributed by atoms with Crippen molar-refractivity contribution in [2.24, 2.45) is 0 Å². The molecule has 0 radical (unpaired) electrons. The molecule has 1 heterocycles. The molecule has 0 amide bonds. The van der Waals surface area contributed by atoms with Crippen LogP contribution in [0.1, 0.15) is 77.0 Å². The summed E-state index contributed by atoms with van der Waals surface area (Å²) >= 11 is 3.33. The van der Waals surface area contributed by atoms with E-state index in [1.807, 2.05) is 12.1 Å². The highest BCUT2D eigenvalue weighted by molar-refractivity contribution is 9.10. The van der Waals surface area contributed by atoms with E-state index in [9.17, 15) is 0 Å². The molecular formula is C16H28BrNO. The van der Waals surface area contributed by atoms with Crippen LogP contribution in [0.25, 0.3) is 0 Å². The molecule has 110 valence electrons. The van der Waals surface area contributed by atoms with E-state index in [0.717, 1.165) is 17.0 Å². The third-order valence-electron chi connectivity index (χ3n) is 3.50. The van der Waals surface area contributed by atoms with Gasteiger partial charge < -0.3 is 9.73 Å². The first-order chi connectivity index (χ1) is 9.24. The van der Waals surface area contributed by atoms with Gasteiger partial charge in [-0.3, -0.25) is 0 Å². The Morgan fingerprint density at radius 2 is 1.68 bits per heavy atom. The molecule has 0 aliphatic heterocycles. The van der Waals surface area contributed by atoms with Gasteiger partial charge >= 0.3 is 0 Å². The number of rotatable bonds is 11. The van der Waals surface area contributed by atoms with E-state index >= 15 is 0 Å². The lowest BCUT2D eigenvalue weighted by Gasteiger charge is -2.10. The molecule has 0 aliphatic rings. The van der Waals surface area contributed by atoms with Crippen molar-refractivity contribution >= 4 is 15.9 Å². The van der Waals surface area contributed by atoms with Crippen molar-refractivity contribution in [1.82, 2.24) is 5.32 Å². The van der Waals surface area contributed by atoms with Crippen LogP contribution in [0.3, 0.4) is 0 Å². The highest BCUT2D eigenvalue weighted by Crippen LogP contribution is 2.20. The molecule has 1 N–H and O–H groups in total. The number of hydrogen-bond acceptors (Lipinski definition) is 2. The third-order valence-corrected chi connectivity index (χ3v) is 3.93. The summed E-state index contributed by atoms with van der Waals surface area (Å²) in [6.45, 7) is 5.49. The van der Waals surface area contributed by atoms with Gasteiger partial charge in [-0.1, -0.05) is 51.9 Å². The number of unbranched alkanes of at least 4 members (excludes halogenated alkanes) is 7. The molecule has 3 heteroatoms. The summed E-state index contributed by atoms with van der Waals surface area (Å²) < 4.78 is 6.34. The SMILES string of the molecule is CCCCCCCCCCNC(C)c1ccc(Br)o1. The second-order valence-electron chi connectivity index (χ2n) is 5.29. The van der Waals surface area contributed by atoms with Gasteiger partial charge in [0, 0.05) is 0 Å². The van der Waals surface area contributed by atoms with Gasteiger partial charge in [-0.15, -0.1) is 0 Å². The molecule has 0 spiro atoms. The molecule has 0 fully saturated rings. The van der Waals surface area contributed by atoms with E-state index in [0.29, 0.717) is 6.04 Å². The third kappa shape index (κ3) is 7.78. The van der Waals surface area contributed by atoms with Crippen molar-refractivity contribution in [3.63, 3.8) is 0 Å². The van der Waals surface area contributed by atoms with Crippen molar-refractivity contribution < 1.29 is 4.42 Å². The highest BCUT2D eigenvalue weighted by atomic mass is 79.9. The maximum absolute atomic E-state index is 5.53. The molecule has 0 saturated carbocycles. The zero-order valence-electron chi connectivity index (χ0n) is 12.4. The second-order valence-corrected chi connectivity index (χ2v) is 6.07. The Balaban J connectivity index is 1.93. The fourth-order valence-electron chi connectivity index (χ4n) is 2.24. The molecule has 0 bridgehead atoms. The summed E-state index contributed by atoms with van der Waals surface area (Å²) in [6.07, 6.45) is 11.0. The van der Waals surface area contributed by atoms with Crippen molar-refractivity contribution in [3.05, 3.63) is 22.6 Å². The van der Waals surface area contributed by atoms with Crippen LogP contribution in [-0.2, 0) is 0 Å². The summed E-state index contributed by atoms with van der Waals surface area (Å²) in [7, 11) is 0. The smallest absolute Gasteiger partial charge is 0.169 e. The largest absolute Gasteiger partial charge is 0.453 e. The predicted octanol–water partition coefficient (Wildman–Crippen LogP) is 5.83. The normalized spacial score (nSPS) is 12.8. The Morgan fingerprint density at radius 1 is 1.05 bits per heavy atom. The first kappa shape index (κ1) is 16.8. The van der Waals surface area contributed by atoms with Crippen LogP contribution in [0.15, 0.2) is 21.2 Å². The fraction of sp³-hybridized carbons (Fsp3) is 0.750. The summed E-state index contributed by atoms with van der Waals surface area (Å²) in [5, 5.41) is 3.51. The monoisotopic (exact) mass is 329 g/mol. The zero-order valence-corrected chi connectivity index (χ0v) is 14.0. The van der Waals surface area contributed by atoms with Crippen molar-refractivity contribution in [3.8, 4) is 0 Å². The van der Waals surface area contributed by atoms with Crippen LogP contribution < -0.4 is 5.32 Å². The van der Waals surface area contributed by atoms with Crippen LogP contribution in [0.4, 0.5) is 0 Å². The predicted molar refractivity (Wildman–Crippen MR) is 85.4 cm³/mol. The second kappa shape index (κ2) is 10.5. The number of nitrogens with one attached hydrogen (secondary N) is 1. The maximum atomic E-state index is 5.53. The molecular weight excluding hydrogens is 302 g/mol. The van der Waals surface area contributed by atoms with Crippen molar-refractivity contribution in [1.29, 1.82) is 0 Å². The molecule has 1 unspecified atom stereocenters. The van der Waals surface area contributed by atoms with Crippen LogP contribution in [0, 0.1) is 0 Å². The minimum atomic E-state index is 0.302. The van der Waals surface area contributed by atoms with Gasteiger partial charge in [-0.25, -0.2) is 0 Å². The quantitative estimate of drug-likeness (QED) is 0.516. The lowest BCUT2D eigenvalue weighted by molar-refractivity contribution is 0.414. The zero-order chi connectivity index (χ0) is 13.9. The Morgan fingerprint density at radius 3 is 2.26 bits per heavy atom. The van der Waals surface area contributed by atoms with Gasteiger partial charge in [0.1, 0.15) is 5.76 Å². The Kier molecular flexibility index (Phi) is 9.27. The molecule has 0 saturated heterocycles. The molecule has 1 atom stereocenters. The Labute approximate surface area is 126 Å². The Bertz CT molecular complexity index is 324. The summed E-state index contributed by atoms with van der Waals surface area (Å²) in [5.74, 6) is 1.01. The summed E-state index contributed by atoms with van der Waals surface area (Å²) in [5.41, 5.74) is 0. The molecule has 0 aromatic carbocycles. The number of hydrogen-bond donors (Lipinski definition) is 1.